The number of rotatable bonds is 6. The molecule has 0 aromatic carbocycles. The summed E-state index contributed by atoms with van der Waals surface area (Å²) in [4.78, 5) is 24.6. The number of nitrogens with one attached hydrogen (secondary N) is 1. The van der Waals surface area contributed by atoms with E-state index in [0.29, 0.717) is 27.9 Å². The fourth-order valence-corrected chi connectivity index (χ4v) is 2.78. The molecule has 0 saturated heterocycles. The van der Waals surface area contributed by atoms with Crippen LogP contribution in [0.15, 0.2) is 41.3 Å². The zero-order valence-electron chi connectivity index (χ0n) is 15.1. The van der Waals surface area contributed by atoms with Crippen LogP contribution in [0.1, 0.15) is 37.0 Å². The highest BCUT2D eigenvalue weighted by molar-refractivity contribution is 6.31. The molecular formula is C18H18ClN5O3. The van der Waals surface area contributed by atoms with Crippen LogP contribution in [0.25, 0.3) is 11.3 Å². The summed E-state index contributed by atoms with van der Waals surface area (Å²) in [6.07, 6.45) is 4.84. The van der Waals surface area contributed by atoms with Gasteiger partial charge in [0.2, 0.25) is 11.7 Å². The predicted molar refractivity (Wildman–Crippen MR) is 99.4 cm³/mol. The maximum Gasteiger partial charge on any atom is 0.377 e. The Hall–Kier alpha value is -3.00. The van der Waals surface area contributed by atoms with Gasteiger partial charge in [0, 0.05) is 30.2 Å². The lowest BCUT2D eigenvalue weighted by Crippen LogP contribution is -2.30. The van der Waals surface area contributed by atoms with Crippen LogP contribution in [-0.2, 0) is 10.3 Å². The molecule has 0 saturated carbocycles. The Kier molecular flexibility index (Phi) is 5.36. The number of aromatic nitrogens is 4. The number of anilines is 1. The SMILES string of the molecule is CCOC(=O)c1cc(-c2cnc(NC(C)(C)c3ncccc3Cl)nc2)no1. The molecule has 0 aliphatic carbocycles. The number of hydrogen-bond acceptors (Lipinski definition) is 8. The fraction of sp³-hybridized carbons (Fsp3) is 0.278. The number of nitrogens with zero attached hydrogens (tertiary/aromatic N) is 4. The second kappa shape index (κ2) is 7.71. The van der Waals surface area contributed by atoms with E-state index >= 15 is 0 Å². The molecule has 3 heterocycles. The normalized spacial score (nSPS) is 11.3. The van der Waals surface area contributed by atoms with Crippen molar-refractivity contribution >= 4 is 23.5 Å². The maximum absolute atomic E-state index is 11.6. The Bertz CT molecular complexity index is 940. The summed E-state index contributed by atoms with van der Waals surface area (Å²) < 4.78 is 9.87. The van der Waals surface area contributed by atoms with Crippen LogP contribution in [0.3, 0.4) is 0 Å². The molecular weight excluding hydrogens is 370 g/mol. The van der Waals surface area contributed by atoms with Gasteiger partial charge in [-0.1, -0.05) is 16.8 Å². The Labute approximate surface area is 160 Å². The van der Waals surface area contributed by atoms with Crippen LogP contribution >= 0.6 is 11.6 Å². The molecule has 0 radical (unpaired) electrons. The van der Waals surface area contributed by atoms with Gasteiger partial charge in [-0.05, 0) is 32.9 Å². The second-order valence-corrected chi connectivity index (χ2v) is 6.58. The van der Waals surface area contributed by atoms with Crippen LogP contribution < -0.4 is 5.32 Å². The quantitative estimate of drug-likeness (QED) is 0.638. The predicted octanol–water partition coefficient (Wildman–Crippen LogP) is 3.70. The number of carbonyl (C=O) groups is 1. The van der Waals surface area contributed by atoms with Gasteiger partial charge < -0.3 is 14.6 Å². The topological polar surface area (TPSA) is 103 Å². The summed E-state index contributed by atoms with van der Waals surface area (Å²) >= 11 is 6.23. The van der Waals surface area contributed by atoms with Gasteiger partial charge in [-0.25, -0.2) is 14.8 Å². The van der Waals surface area contributed by atoms with Crippen molar-refractivity contribution in [2.24, 2.45) is 0 Å². The van der Waals surface area contributed by atoms with Crippen molar-refractivity contribution in [2.75, 3.05) is 11.9 Å². The molecule has 0 fully saturated rings. The minimum atomic E-state index is -0.579. The zero-order chi connectivity index (χ0) is 19.4. The van der Waals surface area contributed by atoms with Gasteiger partial charge in [0.05, 0.1) is 22.9 Å². The molecule has 0 unspecified atom stereocenters. The molecule has 3 aromatic heterocycles. The second-order valence-electron chi connectivity index (χ2n) is 6.18. The van der Waals surface area contributed by atoms with E-state index in [1.165, 1.54) is 6.07 Å². The Morgan fingerprint density at radius 3 is 2.70 bits per heavy atom. The molecule has 3 aromatic rings. The monoisotopic (exact) mass is 387 g/mol. The lowest BCUT2D eigenvalue weighted by atomic mass is 10.00. The number of carbonyl (C=O) groups excluding carboxylic acids is 1. The molecule has 27 heavy (non-hydrogen) atoms. The molecule has 0 amide bonds. The van der Waals surface area contributed by atoms with E-state index < -0.39 is 11.5 Å². The van der Waals surface area contributed by atoms with Crippen molar-refractivity contribution < 1.29 is 14.1 Å². The minimum Gasteiger partial charge on any atom is -0.460 e. The highest BCUT2D eigenvalue weighted by atomic mass is 35.5. The number of hydrogen-bond donors (Lipinski definition) is 1. The lowest BCUT2D eigenvalue weighted by Gasteiger charge is -2.26. The molecule has 8 nitrogen and oxygen atoms in total. The molecule has 0 aliphatic heterocycles. The van der Waals surface area contributed by atoms with Crippen LogP contribution in [-0.4, -0.2) is 32.7 Å². The van der Waals surface area contributed by atoms with Crippen molar-refractivity contribution in [2.45, 2.75) is 26.3 Å². The molecule has 140 valence electrons. The summed E-state index contributed by atoms with van der Waals surface area (Å²) in [7, 11) is 0. The first-order chi connectivity index (χ1) is 12.9. The third-order valence-corrected chi connectivity index (χ3v) is 4.01. The van der Waals surface area contributed by atoms with Crippen LogP contribution in [0.4, 0.5) is 5.95 Å². The largest absolute Gasteiger partial charge is 0.460 e. The van der Waals surface area contributed by atoms with Crippen molar-refractivity contribution in [3.63, 3.8) is 0 Å². The Morgan fingerprint density at radius 2 is 2.04 bits per heavy atom. The van der Waals surface area contributed by atoms with Crippen molar-refractivity contribution in [3.05, 3.63) is 53.3 Å². The van der Waals surface area contributed by atoms with E-state index in [1.807, 2.05) is 13.8 Å². The first kappa shape index (κ1) is 18.8. The Balaban J connectivity index is 1.76. The van der Waals surface area contributed by atoms with E-state index in [0.717, 1.165) is 0 Å². The smallest absolute Gasteiger partial charge is 0.377 e. The summed E-state index contributed by atoms with van der Waals surface area (Å²) in [5.74, 6) is -0.135. The lowest BCUT2D eigenvalue weighted by molar-refractivity contribution is 0.0480. The van der Waals surface area contributed by atoms with Crippen molar-refractivity contribution in [1.29, 1.82) is 0 Å². The number of halogens is 1. The van der Waals surface area contributed by atoms with Gasteiger partial charge in [0.1, 0.15) is 5.69 Å². The van der Waals surface area contributed by atoms with Gasteiger partial charge in [0.15, 0.2) is 0 Å². The summed E-state index contributed by atoms with van der Waals surface area (Å²) in [5.41, 5.74) is 1.16. The van der Waals surface area contributed by atoms with Gasteiger partial charge in [-0.3, -0.25) is 4.98 Å². The highest BCUT2D eigenvalue weighted by Gasteiger charge is 2.25. The molecule has 0 aliphatic rings. The summed E-state index contributed by atoms with van der Waals surface area (Å²) in [6.45, 7) is 5.84. The fourth-order valence-electron chi connectivity index (χ4n) is 2.42. The maximum atomic E-state index is 11.6. The van der Waals surface area contributed by atoms with E-state index in [1.54, 1.807) is 37.6 Å². The zero-order valence-corrected chi connectivity index (χ0v) is 15.8. The van der Waals surface area contributed by atoms with Crippen molar-refractivity contribution in [1.82, 2.24) is 20.1 Å². The number of esters is 1. The molecule has 0 atom stereocenters. The standard InChI is InChI=1S/C18H18ClN5O3/c1-4-26-16(25)14-8-13(24-27-14)11-9-21-17(22-10-11)23-18(2,3)15-12(19)6-5-7-20-15/h5-10H,4H2,1-3H3,(H,21,22,23). The van der Waals surface area contributed by atoms with E-state index in [4.69, 9.17) is 20.9 Å². The van der Waals surface area contributed by atoms with E-state index in [2.05, 4.69) is 25.4 Å². The first-order valence-electron chi connectivity index (χ1n) is 8.26. The highest BCUT2D eigenvalue weighted by Crippen LogP contribution is 2.28. The summed E-state index contributed by atoms with van der Waals surface area (Å²) in [5, 5.41) is 7.61. The Morgan fingerprint density at radius 1 is 1.30 bits per heavy atom. The van der Waals surface area contributed by atoms with Gasteiger partial charge >= 0.3 is 5.97 Å². The molecule has 0 bridgehead atoms. The third kappa shape index (κ3) is 4.22. The van der Waals surface area contributed by atoms with Crippen LogP contribution in [0.5, 0.6) is 0 Å². The van der Waals surface area contributed by atoms with Crippen LogP contribution in [0.2, 0.25) is 5.02 Å². The minimum absolute atomic E-state index is 0.0278. The van der Waals surface area contributed by atoms with Crippen molar-refractivity contribution in [3.8, 4) is 11.3 Å². The molecule has 9 heteroatoms. The van der Waals surface area contributed by atoms with E-state index in [9.17, 15) is 4.79 Å². The molecule has 1 N–H and O–H groups in total. The first-order valence-corrected chi connectivity index (χ1v) is 8.64. The van der Waals surface area contributed by atoms with Crippen LogP contribution in [0, 0.1) is 0 Å². The number of pyridine rings is 1. The summed E-state index contributed by atoms with van der Waals surface area (Å²) in [6, 6.07) is 5.04. The average Bonchev–Trinajstić information content (AvgIpc) is 3.13. The van der Waals surface area contributed by atoms with Gasteiger partial charge in [0.25, 0.3) is 0 Å². The average molecular weight is 388 g/mol. The third-order valence-electron chi connectivity index (χ3n) is 3.71. The van der Waals surface area contributed by atoms with E-state index in [-0.39, 0.29) is 12.4 Å². The van der Waals surface area contributed by atoms with Gasteiger partial charge in [-0.15, -0.1) is 0 Å². The molecule has 3 rings (SSSR count). The molecule has 0 spiro atoms. The number of ether oxygens (including phenoxy) is 1. The van der Waals surface area contributed by atoms with Gasteiger partial charge in [-0.2, -0.15) is 0 Å².